The number of amides is 1. The van der Waals surface area contributed by atoms with Gasteiger partial charge < -0.3 is 10.8 Å². The van der Waals surface area contributed by atoms with Gasteiger partial charge >= 0.3 is 0 Å². The van der Waals surface area contributed by atoms with Crippen molar-refractivity contribution >= 4 is 5.91 Å². The molecule has 2 rings (SSSR count). The highest BCUT2D eigenvalue weighted by molar-refractivity contribution is 5.80. The Bertz CT molecular complexity index is 523. The summed E-state index contributed by atoms with van der Waals surface area (Å²) in [6.45, 7) is 0. The topological polar surface area (TPSA) is 63.3 Å². The van der Waals surface area contributed by atoms with Crippen molar-refractivity contribution in [1.29, 1.82) is 0 Å². The summed E-state index contributed by atoms with van der Waals surface area (Å²) in [7, 11) is 0. The minimum absolute atomic E-state index is 0.513. The Morgan fingerprint density at radius 3 is 2.29 bits per heavy atom. The quantitative estimate of drug-likeness (QED) is 0.840. The standard InChI is InChI=1S/C14H13NO2/c15-14(17)13(16)12-8-4-7-11(9-12)10-5-2-1-3-6-10/h1-9,13,16H,(H2,15,17). The van der Waals surface area contributed by atoms with Crippen molar-refractivity contribution in [3.05, 3.63) is 60.2 Å². The number of aliphatic hydroxyl groups excluding tert-OH is 1. The molecule has 1 atom stereocenters. The number of primary amides is 1. The van der Waals surface area contributed by atoms with Gasteiger partial charge in [-0.15, -0.1) is 0 Å². The fourth-order valence-corrected chi connectivity index (χ4v) is 1.68. The van der Waals surface area contributed by atoms with E-state index in [1.807, 2.05) is 36.4 Å². The maximum absolute atomic E-state index is 10.9. The first kappa shape index (κ1) is 11.4. The van der Waals surface area contributed by atoms with Gasteiger partial charge in [0.05, 0.1) is 0 Å². The number of benzene rings is 2. The maximum atomic E-state index is 10.9. The highest BCUT2D eigenvalue weighted by atomic mass is 16.3. The summed E-state index contributed by atoms with van der Waals surface area (Å²) in [5.41, 5.74) is 7.56. The molecule has 0 radical (unpaired) electrons. The maximum Gasteiger partial charge on any atom is 0.250 e. The van der Waals surface area contributed by atoms with Gasteiger partial charge in [0.25, 0.3) is 5.91 Å². The molecular formula is C14H13NO2. The number of rotatable bonds is 3. The lowest BCUT2D eigenvalue weighted by Gasteiger charge is -2.09. The Morgan fingerprint density at radius 1 is 1.00 bits per heavy atom. The minimum Gasteiger partial charge on any atom is -0.378 e. The molecule has 86 valence electrons. The Morgan fingerprint density at radius 2 is 1.65 bits per heavy atom. The van der Waals surface area contributed by atoms with Gasteiger partial charge in [-0.3, -0.25) is 4.79 Å². The van der Waals surface area contributed by atoms with E-state index in [1.165, 1.54) is 0 Å². The third kappa shape index (κ3) is 2.52. The Labute approximate surface area is 99.5 Å². The molecule has 0 spiro atoms. The van der Waals surface area contributed by atoms with Crippen LogP contribution in [-0.2, 0) is 4.79 Å². The lowest BCUT2D eigenvalue weighted by molar-refractivity contribution is -0.126. The van der Waals surface area contributed by atoms with E-state index in [1.54, 1.807) is 18.2 Å². The van der Waals surface area contributed by atoms with Crippen LogP contribution in [0.15, 0.2) is 54.6 Å². The van der Waals surface area contributed by atoms with E-state index >= 15 is 0 Å². The molecule has 0 fully saturated rings. The molecule has 0 heterocycles. The molecule has 0 aliphatic heterocycles. The molecule has 0 bridgehead atoms. The van der Waals surface area contributed by atoms with Crippen LogP contribution in [0.4, 0.5) is 0 Å². The number of hydrogen-bond acceptors (Lipinski definition) is 2. The highest BCUT2D eigenvalue weighted by Gasteiger charge is 2.13. The van der Waals surface area contributed by atoms with Crippen LogP contribution in [0.5, 0.6) is 0 Å². The molecule has 0 saturated heterocycles. The second kappa shape index (κ2) is 4.80. The summed E-state index contributed by atoms with van der Waals surface area (Å²) in [6, 6.07) is 16.9. The molecule has 1 unspecified atom stereocenters. The van der Waals surface area contributed by atoms with Crippen molar-refractivity contribution in [1.82, 2.24) is 0 Å². The van der Waals surface area contributed by atoms with E-state index in [0.717, 1.165) is 11.1 Å². The van der Waals surface area contributed by atoms with Crippen LogP contribution in [0.3, 0.4) is 0 Å². The van der Waals surface area contributed by atoms with Crippen LogP contribution < -0.4 is 5.73 Å². The predicted molar refractivity (Wildman–Crippen MR) is 66.0 cm³/mol. The summed E-state index contributed by atoms with van der Waals surface area (Å²) in [6.07, 6.45) is -1.25. The fraction of sp³-hybridized carbons (Fsp3) is 0.0714. The van der Waals surface area contributed by atoms with Crippen LogP contribution in [0, 0.1) is 0 Å². The predicted octanol–water partition coefficient (Wildman–Crippen LogP) is 1.87. The average Bonchev–Trinajstić information content (AvgIpc) is 2.39. The largest absolute Gasteiger partial charge is 0.378 e. The lowest BCUT2D eigenvalue weighted by atomic mass is 10.0. The van der Waals surface area contributed by atoms with E-state index in [9.17, 15) is 9.90 Å². The van der Waals surface area contributed by atoms with Crippen molar-refractivity contribution in [2.45, 2.75) is 6.10 Å². The second-order valence-electron chi connectivity index (χ2n) is 3.80. The smallest absolute Gasteiger partial charge is 0.250 e. The fourth-order valence-electron chi connectivity index (χ4n) is 1.68. The van der Waals surface area contributed by atoms with Crippen LogP contribution >= 0.6 is 0 Å². The zero-order valence-corrected chi connectivity index (χ0v) is 9.21. The molecule has 0 aromatic heterocycles. The van der Waals surface area contributed by atoms with Gasteiger partial charge in [-0.2, -0.15) is 0 Å². The van der Waals surface area contributed by atoms with E-state index in [0.29, 0.717) is 5.56 Å². The molecule has 3 N–H and O–H groups in total. The van der Waals surface area contributed by atoms with Gasteiger partial charge in [-0.25, -0.2) is 0 Å². The Kier molecular flexibility index (Phi) is 3.21. The number of carbonyl (C=O) groups excluding carboxylic acids is 1. The van der Waals surface area contributed by atoms with Gasteiger partial charge in [0.15, 0.2) is 6.10 Å². The minimum atomic E-state index is -1.25. The summed E-state index contributed by atoms with van der Waals surface area (Å²) in [4.78, 5) is 10.9. The third-order valence-corrected chi connectivity index (χ3v) is 2.58. The third-order valence-electron chi connectivity index (χ3n) is 2.58. The van der Waals surface area contributed by atoms with Crippen LogP contribution in [0.25, 0.3) is 11.1 Å². The van der Waals surface area contributed by atoms with Gasteiger partial charge in [0, 0.05) is 0 Å². The normalized spacial score (nSPS) is 12.1. The van der Waals surface area contributed by atoms with Crippen LogP contribution in [0.1, 0.15) is 11.7 Å². The molecular weight excluding hydrogens is 214 g/mol. The average molecular weight is 227 g/mol. The van der Waals surface area contributed by atoms with E-state index in [2.05, 4.69) is 0 Å². The lowest BCUT2D eigenvalue weighted by Crippen LogP contribution is -2.20. The second-order valence-corrected chi connectivity index (χ2v) is 3.80. The summed E-state index contributed by atoms with van der Waals surface area (Å²) in [5.74, 6) is -0.741. The molecule has 1 amide bonds. The first-order valence-electron chi connectivity index (χ1n) is 5.31. The molecule has 3 heteroatoms. The van der Waals surface area contributed by atoms with Crippen molar-refractivity contribution in [2.75, 3.05) is 0 Å². The van der Waals surface area contributed by atoms with E-state index in [-0.39, 0.29) is 0 Å². The molecule has 2 aromatic carbocycles. The number of aliphatic hydroxyl groups is 1. The summed E-state index contributed by atoms with van der Waals surface area (Å²) in [5, 5.41) is 9.59. The molecule has 17 heavy (non-hydrogen) atoms. The first-order chi connectivity index (χ1) is 8.18. The van der Waals surface area contributed by atoms with Crippen molar-refractivity contribution in [2.24, 2.45) is 5.73 Å². The van der Waals surface area contributed by atoms with Gasteiger partial charge in [0.1, 0.15) is 0 Å². The molecule has 3 nitrogen and oxygen atoms in total. The van der Waals surface area contributed by atoms with Gasteiger partial charge in [0.2, 0.25) is 0 Å². The number of hydrogen-bond donors (Lipinski definition) is 2. The van der Waals surface area contributed by atoms with Gasteiger partial charge in [-0.1, -0.05) is 48.5 Å². The van der Waals surface area contributed by atoms with Crippen molar-refractivity contribution < 1.29 is 9.90 Å². The molecule has 0 saturated carbocycles. The Balaban J connectivity index is 2.39. The SMILES string of the molecule is NC(=O)C(O)c1cccc(-c2ccccc2)c1. The zero-order chi connectivity index (χ0) is 12.3. The molecule has 0 aliphatic carbocycles. The number of nitrogens with two attached hydrogens (primary N) is 1. The zero-order valence-electron chi connectivity index (χ0n) is 9.21. The summed E-state index contributed by atoms with van der Waals surface area (Å²) >= 11 is 0. The summed E-state index contributed by atoms with van der Waals surface area (Å²) < 4.78 is 0. The van der Waals surface area contributed by atoms with E-state index < -0.39 is 12.0 Å². The van der Waals surface area contributed by atoms with Crippen LogP contribution in [-0.4, -0.2) is 11.0 Å². The monoisotopic (exact) mass is 227 g/mol. The first-order valence-corrected chi connectivity index (χ1v) is 5.31. The number of carbonyl (C=O) groups is 1. The molecule has 2 aromatic rings. The van der Waals surface area contributed by atoms with Crippen molar-refractivity contribution in [3.63, 3.8) is 0 Å². The molecule has 0 aliphatic rings. The van der Waals surface area contributed by atoms with E-state index in [4.69, 9.17) is 5.73 Å². The van der Waals surface area contributed by atoms with Crippen LogP contribution in [0.2, 0.25) is 0 Å². The van der Waals surface area contributed by atoms with Crippen molar-refractivity contribution in [3.8, 4) is 11.1 Å². The Hall–Kier alpha value is -2.13. The van der Waals surface area contributed by atoms with Gasteiger partial charge in [-0.05, 0) is 22.8 Å². The highest BCUT2D eigenvalue weighted by Crippen LogP contribution is 2.22.